The van der Waals surface area contributed by atoms with Crippen LogP contribution in [-0.2, 0) is 4.74 Å². The minimum Gasteiger partial charge on any atom is -0.461 e. The normalized spacial score (nSPS) is 8.93. The number of oxazole rings is 1. The molecule has 0 aliphatic carbocycles. The third-order valence-electron chi connectivity index (χ3n) is 1.49. The molecule has 0 aliphatic heterocycles. The molecular weight excluding hydrogens is 196 g/mol. The largest absolute Gasteiger partial charge is 0.461 e. The number of nitrogens with zero attached hydrogens (tertiary/aromatic N) is 1. The number of aromatic nitrogens is 1. The van der Waals surface area contributed by atoms with Gasteiger partial charge in [-0.1, -0.05) is 5.92 Å². The van der Waals surface area contributed by atoms with E-state index in [-0.39, 0.29) is 11.7 Å². The van der Waals surface area contributed by atoms with Crippen LogP contribution in [0, 0.1) is 11.8 Å². The first kappa shape index (κ1) is 11.1. The van der Waals surface area contributed by atoms with E-state index in [4.69, 9.17) is 9.15 Å². The Hall–Kier alpha value is -1.96. The molecule has 0 radical (unpaired) electrons. The summed E-state index contributed by atoms with van der Waals surface area (Å²) >= 11 is 0. The molecular formula is C10H12N2O3. The number of anilines is 1. The summed E-state index contributed by atoms with van der Waals surface area (Å²) in [5.41, 5.74) is 0.156. The molecule has 0 aromatic carbocycles. The number of hydrogen-bond donors (Lipinski definition) is 1. The fraction of sp³-hybridized carbons (Fsp3) is 0.400. The number of ether oxygens (including phenoxy) is 1. The molecule has 0 bridgehead atoms. The zero-order valence-electron chi connectivity index (χ0n) is 8.66. The molecule has 5 nitrogen and oxygen atoms in total. The van der Waals surface area contributed by atoms with E-state index >= 15 is 0 Å². The Labute approximate surface area is 87.8 Å². The summed E-state index contributed by atoms with van der Waals surface area (Å²) in [4.78, 5) is 15.1. The fourth-order valence-electron chi connectivity index (χ4n) is 0.862. The molecule has 1 aromatic rings. The molecule has 0 unspecified atom stereocenters. The molecule has 1 N–H and O–H groups in total. The Balaban J connectivity index is 2.54. The van der Waals surface area contributed by atoms with E-state index in [9.17, 15) is 4.79 Å². The molecule has 0 spiro atoms. The van der Waals surface area contributed by atoms with E-state index in [2.05, 4.69) is 22.1 Å². The van der Waals surface area contributed by atoms with Gasteiger partial charge in [0.1, 0.15) is 6.26 Å². The lowest BCUT2D eigenvalue weighted by atomic mass is 10.5. The minimum atomic E-state index is -0.490. The van der Waals surface area contributed by atoms with Gasteiger partial charge in [-0.2, -0.15) is 4.98 Å². The molecule has 5 heteroatoms. The van der Waals surface area contributed by atoms with E-state index in [0.717, 1.165) is 0 Å². The van der Waals surface area contributed by atoms with Crippen molar-refractivity contribution in [3.8, 4) is 11.8 Å². The Morgan fingerprint density at radius 1 is 1.73 bits per heavy atom. The van der Waals surface area contributed by atoms with Crippen molar-refractivity contribution in [2.75, 3.05) is 18.5 Å². The van der Waals surface area contributed by atoms with Crippen LogP contribution in [0.15, 0.2) is 10.7 Å². The van der Waals surface area contributed by atoms with Crippen molar-refractivity contribution in [2.45, 2.75) is 13.8 Å². The summed E-state index contributed by atoms with van der Waals surface area (Å²) in [6, 6.07) is 0.265. The average Bonchev–Trinajstić information content (AvgIpc) is 2.67. The van der Waals surface area contributed by atoms with E-state index in [1.165, 1.54) is 6.26 Å². The molecule has 0 fully saturated rings. The zero-order chi connectivity index (χ0) is 11.1. The van der Waals surface area contributed by atoms with Crippen LogP contribution >= 0.6 is 0 Å². The van der Waals surface area contributed by atoms with Crippen molar-refractivity contribution in [3.63, 3.8) is 0 Å². The Bertz CT molecular complexity index is 387. The second kappa shape index (κ2) is 5.70. The fourth-order valence-corrected chi connectivity index (χ4v) is 0.862. The number of carbonyl (C=O) groups excluding carboxylic acids is 1. The first-order valence-electron chi connectivity index (χ1n) is 4.54. The number of carbonyl (C=O) groups is 1. The minimum absolute atomic E-state index is 0.156. The van der Waals surface area contributed by atoms with Crippen LogP contribution in [0.2, 0.25) is 0 Å². The van der Waals surface area contributed by atoms with Crippen LogP contribution in [0.4, 0.5) is 6.01 Å². The number of nitrogens with one attached hydrogen (secondary N) is 1. The van der Waals surface area contributed by atoms with Crippen LogP contribution in [0.3, 0.4) is 0 Å². The van der Waals surface area contributed by atoms with E-state index < -0.39 is 5.97 Å². The van der Waals surface area contributed by atoms with Gasteiger partial charge in [0, 0.05) is 0 Å². The second-order valence-electron chi connectivity index (χ2n) is 2.54. The van der Waals surface area contributed by atoms with Crippen LogP contribution in [0.25, 0.3) is 0 Å². The van der Waals surface area contributed by atoms with Gasteiger partial charge in [0.15, 0.2) is 5.69 Å². The monoisotopic (exact) mass is 208 g/mol. The van der Waals surface area contributed by atoms with Crippen molar-refractivity contribution in [1.82, 2.24) is 4.98 Å². The first-order valence-corrected chi connectivity index (χ1v) is 4.54. The van der Waals surface area contributed by atoms with Gasteiger partial charge in [-0.25, -0.2) is 4.79 Å². The van der Waals surface area contributed by atoms with Crippen molar-refractivity contribution in [3.05, 3.63) is 12.0 Å². The average molecular weight is 208 g/mol. The first-order chi connectivity index (χ1) is 7.27. The van der Waals surface area contributed by atoms with E-state index in [1.807, 2.05) is 0 Å². The summed E-state index contributed by atoms with van der Waals surface area (Å²) in [5, 5.41) is 2.80. The maximum absolute atomic E-state index is 11.2. The summed E-state index contributed by atoms with van der Waals surface area (Å²) in [5.74, 6) is 5.01. The Kier molecular flexibility index (Phi) is 4.23. The van der Waals surface area contributed by atoms with Gasteiger partial charge in [0.2, 0.25) is 0 Å². The van der Waals surface area contributed by atoms with Crippen LogP contribution < -0.4 is 5.32 Å². The topological polar surface area (TPSA) is 64.4 Å². The zero-order valence-corrected chi connectivity index (χ0v) is 8.66. The van der Waals surface area contributed by atoms with Crippen LogP contribution in [0.5, 0.6) is 0 Å². The molecule has 80 valence electrons. The molecule has 0 amide bonds. The van der Waals surface area contributed by atoms with Crippen LogP contribution in [-0.4, -0.2) is 24.1 Å². The van der Waals surface area contributed by atoms with Gasteiger partial charge in [-0.3, -0.25) is 0 Å². The molecule has 15 heavy (non-hydrogen) atoms. The Morgan fingerprint density at radius 2 is 2.53 bits per heavy atom. The summed E-state index contributed by atoms with van der Waals surface area (Å²) in [6.07, 6.45) is 1.25. The molecule has 0 aliphatic rings. The van der Waals surface area contributed by atoms with Gasteiger partial charge in [0.05, 0.1) is 13.2 Å². The van der Waals surface area contributed by atoms with Crippen molar-refractivity contribution >= 4 is 12.0 Å². The lowest BCUT2D eigenvalue weighted by Gasteiger charge is -1.95. The molecule has 1 heterocycles. The molecule has 0 atom stereocenters. The highest BCUT2D eigenvalue weighted by Gasteiger charge is 2.12. The van der Waals surface area contributed by atoms with Crippen LogP contribution in [0.1, 0.15) is 24.3 Å². The summed E-state index contributed by atoms with van der Waals surface area (Å²) in [6.45, 7) is 4.21. The van der Waals surface area contributed by atoms with Gasteiger partial charge in [-0.15, -0.1) is 5.92 Å². The lowest BCUT2D eigenvalue weighted by molar-refractivity contribution is 0.0519. The lowest BCUT2D eigenvalue weighted by Crippen LogP contribution is -2.05. The number of rotatable bonds is 4. The van der Waals surface area contributed by atoms with E-state index in [0.29, 0.717) is 13.2 Å². The van der Waals surface area contributed by atoms with Crippen molar-refractivity contribution < 1.29 is 13.9 Å². The maximum Gasteiger partial charge on any atom is 0.360 e. The quantitative estimate of drug-likeness (QED) is 0.596. The molecule has 1 aromatic heterocycles. The summed E-state index contributed by atoms with van der Waals surface area (Å²) < 4.78 is 9.74. The standard InChI is InChI=1S/C10H12N2O3/c1-3-5-6-11-10-12-8(7-15-10)9(13)14-4-2/h7H,4,6H2,1-2H3,(H,11,12). The maximum atomic E-state index is 11.2. The summed E-state index contributed by atoms with van der Waals surface area (Å²) in [7, 11) is 0. The molecule has 0 saturated carbocycles. The smallest absolute Gasteiger partial charge is 0.360 e. The molecule has 0 saturated heterocycles. The highest BCUT2D eigenvalue weighted by molar-refractivity contribution is 5.87. The van der Waals surface area contributed by atoms with Gasteiger partial charge < -0.3 is 14.5 Å². The molecule has 1 rings (SSSR count). The third kappa shape index (κ3) is 3.35. The highest BCUT2D eigenvalue weighted by Crippen LogP contribution is 2.07. The van der Waals surface area contributed by atoms with E-state index in [1.54, 1.807) is 13.8 Å². The predicted octanol–water partition coefficient (Wildman–Crippen LogP) is 1.29. The number of esters is 1. The predicted molar refractivity (Wildman–Crippen MR) is 54.4 cm³/mol. The van der Waals surface area contributed by atoms with Gasteiger partial charge in [-0.05, 0) is 13.8 Å². The SMILES string of the molecule is CC#CCNc1nc(C(=O)OCC)co1. The Morgan fingerprint density at radius 3 is 3.20 bits per heavy atom. The third-order valence-corrected chi connectivity index (χ3v) is 1.49. The van der Waals surface area contributed by atoms with Crippen molar-refractivity contribution in [2.24, 2.45) is 0 Å². The van der Waals surface area contributed by atoms with Gasteiger partial charge in [0.25, 0.3) is 6.01 Å². The van der Waals surface area contributed by atoms with Crippen molar-refractivity contribution in [1.29, 1.82) is 0 Å². The number of hydrogen-bond acceptors (Lipinski definition) is 5. The highest BCUT2D eigenvalue weighted by atomic mass is 16.5. The van der Waals surface area contributed by atoms with Gasteiger partial charge >= 0.3 is 5.97 Å². The second-order valence-corrected chi connectivity index (χ2v) is 2.54.